The number of halogens is 1. The van der Waals surface area contributed by atoms with E-state index >= 15 is 0 Å². The van der Waals surface area contributed by atoms with Crippen LogP contribution in [0.2, 0.25) is 0 Å². The molecule has 0 unspecified atom stereocenters. The van der Waals surface area contributed by atoms with Gasteiger partial charge in [0.2, 0.25) is 5.91 Å². The quantitative estimate of drug-likeness (QED) is 0.926. The SMILES string of the molecule is NC(=O)CCN1CCN(c2nccc3ccc(F)cc23)CC1. The number of rotatable bonds is 4. The number of nitrogens with zero attached hydrogens (tertiary/aromatic N) is 3. The third-order valence-electron chi connectivity index (χ3n) is 4.05. The number of benzene rings is 1. The number of carbonyl (C=O) groups is 1. The first-order valence-corrected chi connectivity index (χ1v) is 7.43. The highest BCUT2D eigenvalue weighted by Gasteiger charge is 2.19. The molecule has 1 aliphatic heterocycles. The minimum atomic E-state index is -0.270. The minimum absolute atomic E-state index is 0.248. The Hall–Kier alpha value is -2.21. The van der Waals surface area contributed by atoms with Crippen LogP contribution in [0.5, 0.6) is 0 Å². The summed E-state index contributed by atoms with van der Waals surface area (Å²) in [6.07, 6.45) is 2.15. The van der Waals surface area contributed by atoms with Crippen LogP contribution in [0.15, 0.2) is 30.5 Å². The fourth-order valence-corrected chi connectivity index (χ4v) is 2.83. The molecule has 2 heterocycles. The van der Waals surface area contributed by atoms with E-state index in [4.69, 9.17) is 5.73 Å². The molecule has 1 fully saturated rings. The molecule has 0 bridgehead atoms. The Kier molecular flexibility index (Phi) is 4.20. The van der Waals surface area contributed by atoms with E-state index in [1.165, 1.54) is 12.1 Å². The monoisotopic (exact) mass is 302 g/mol. The summed E-state index contributed by atoms with van der Waals surface area (Å²) >= 11 is 0. The second-order valence-corrected chi connectivity index (χ2v) is 5.55. The van der Waals surface area contributed by atoms with Gasteiger partial charge in [0.05, 0.1) is 0 Å². The van der Waals surface area contributed by atoms with Gasteiger partial charge in [-0.1, -0.05) is 6.07 Å². The Morgan fingerprint density at radius 2 is 2.00 bits per heavy atom. The minimum Gasteiger partial charge on any atom is -0.370 e. The van der Waals surface area contributed by atoms with Crippen LogP contribution in [0.3, 0.4) is 0 Å². The Labute approximate surface area is 128 Å². The number of carbonyl (C=O) groups excluding carboxylic acids is 1. The molecule has 116 valence electrons. The lowest BCUT2D eigenvalue weighted by atomic mass is 10.1. The summed E-state index contributed by atoms with van der Waals surface area (Å²) in [5.74, 6) is 0.307. The zero-order valence-electron chi connectivity index (χ0n) is 12.3. The summed E-state index contributed by atoms with van der Waals surface area (Å²) in [4.78, 5) is 19.7. The number of nitrogens with two attached hydrogens (primary N) is 1. The number of pyridine rings is 1. The molecule has 3 rings (SSSR count). The molecule has 1 aliphatic rings. The highest BCUT2D eigenvalue weighted by Crippen LogP contribution is 2.26. The van der Waals surface area contributed by atoms with Gasteiger partial charge in [0.25, 0.3) is 0 Å². The number of primary amides is 1. The molecule has 2 aromatic rings. The predicted molar refractivity (Wildman–Crippen MR) is 84.2 cm³/mol. The lowest BCUT2D eigenvalue weighted by Crippen LogP contribution is -2.47. The first-order chi connectivity index (χ1) is 10.6. The fraction of sp³-hybridized carbons (Fsp3) is 0.375. The number of fused-ring (bicyclic) bond motifs is 1. The lowest BCUT2D eigenvalue weighted by Gasteiger charge is -2.35. The number of aromatic nitrogens is 1. The molecule has 1 aromatic carbocycles. The van der Waals surface area contributed by atoms with Gasteiger partial charge in [0.1, 0.15) is 11.6 Å². The van der Waals surface area contributed by atoms with Gasteiger partial charge in [-0.05, 0) is 23.6 Å². The van der Waals surface area contributed by atoms with Crippen molar-refractivity contribution in [2.45, 2.75) is 6.42 Å². The van der Waals surface area contributed by atoms with Gasteiger partial charge in [-0.3, -0.25) is 9.69 Å². The smallest absolute Gasteiger partial charge is 0.218 e. The zero-order chi connectivity index (χ0) is 15.5. The Morgan fingerprint density at radius 3 is 2.73 bits per heavy atom. The molecule has 0 radical (unpaired) electrons. The highest BCUT2D eigenvalue weighted by molar-refractivity contribution is 5.92. The maximum absolute atomic E-state index is 13.5. The predicted octanol–water partition coefficient (Wildman–Crippen LogP) is 1.37. The largest absolute Gasteiger partial charge is 0.370 e. The van der Waals surface area contributed by atoms with Gasteiger partial charge >= 0.3 is 0 Å². The molecule has 2 N–H and O–H groups in total. The highest BCUT2D eigenvalue weighted by atomic mass is 19.1. The maximum Gasteiger partial charge on any atom is 0.218 e. The van der Waals surface area contributed by atoms with Gasteiger partial charge in [-0.2, -0.15) is 0 Å². The zero-order valence-corrected chi connectivity index (χ0v) is 12.3. The van der Waals surface area contributed by atoms with Crippen LogP contribution >= 0.6 is 0 Å². The van der Waals surface area contributed by atoms with E-state index in [2.05, 4.69) is 14.8 Å². The van der Waals surface area contributed by atoms with Crippen LogP contribution < -0.4 is 10.6 Å². The van der Waals surface area contributed by atoms with E-state index in [9.17, 15) is 9.18 Å². The molecule has 0 aliphatic carbocycles. The summed E-state index contributed by atoms with van der Waals surface area (Å²) in [5, 5.41) is 1.83. The number of anilines is 1. The van der Waals surface area contributed by atoms with E-state index in [1.807, 2.05) is 6.07 Å². The summed E-state index contributed by atoms with van der Waals surface area (Å²) in [6.45, 7) is 4.00. The van der Waals surface area contributed by atoms with Crippen molar-refractivity contribution in [3.63, 3.8) is 0 Å². The van der Waals surface area contributed by atoms with Crippen molar-refractivity contribution in [1.82, 2.24) is 9.88 Å². The normalized spacial score (nSPS) is 16.1. The molecule has 1 amide bonds. The molecule has 0 atom stereocenters. The van der Waals surface area contributed by atoms with Crippen molar-refractivity contribution in [2.75, 3.05) is 37.6 Å². The third kappa shape index (κ3) is 3.17. The number of piperazine rings is 1. The van der Waals surface area contributed by atoms with Crippen molar-refractivity contribution in [3.05, 3.63) is 36.3 Å². The molecule has 22 heavy (non-hydrogen) atoms. The molecule has 0 saturated carbocycles. The van der Waals surface area contributed by atoms with E-state index in [-0.39, 0.29) is 11.7 Å². The molecule has 5 nitrogen and oxygen atoms in total. The van der Waals surface area contributed by atoms with Crippen LogP contribution in [0.25, 0.3) is 10.8 Å². The van der Waals surface area contributed by atoms with Crippen molar-refractivity contribution in [1.29, 1.82) is 0 Å². The van der Waals surface area contributed by atoms with Crippen LogP contribution in [0.4, 0.5) is 10.2 Å². The third-order valence-corrected chi connectivity index (χ3v) is 4.05. The van der Waals surface area contributed by atoms with Crippen molar-refractivity contribution >= 4 is 22.5 Å². The number of hydrogen-bond donors (Lipinski definition) is 1. The van der Waals surface area contributed by atoms with Gasteiger partial charge in [0.15, 0.2) is 0 Å². The number of hydrogen-bond acceptors (Lipinski definition) is 4. The molecule has 1 aromatic heterocycles. The Bertz CT molecular complexity index is 683. The van der Waals surface area contributed by atoms with E-state index in [0.29, 0.717) is 13.0 Å². The standard InChI is InChI=1S/C16H19FN4O/c17-13-2-1-12-3-5-19-16(14(12)11-13)21-9-7-20(8-10-21)6-4-15(18)22/h1-3,5,11H,4,6-10H2,(H2,18,22). The maximum atomic E-state index is 13.5. The topological polar surface area (TPSA) is 62.5 Å². The average molecular weight is 302 g/mol. The van der Waals surface area contributed by atoms with Crippen molar-refractivity contribution in [2.24, 2.45) is 5.73 Å². The van der Waals surface area contributed by atoms with Gasteiger partial charge in [-0.15, -0.1) is 0 Å². The van der Waals surface area contributed by atoms with Crippen molar-refractivity contribution in [3.8, 4) is 0 Å². The van der Waals surface area contributed by atoms with Gasteiger partial charge in [-0.25, -0.2) is 9.37 Å². The first-order valence-electron chi connectivity index (χ1n) is 7.43. The molecule has 6 heteroatoms. The summed E-state index contributed by atoms with van der Waals surface area (Å²) in [7, 11) is 0. The van der Waals surface area contributed by atoms with Crippen LogP contribution in [-0.4, -0.2) is 48.5 Å². The summed E-state index contributed by atoms with van der Waals surface area (Å²) in [6, 6.07) is 6.67. The van der Waals surface area contributed by atoms with E-state index in [1.54, 1.807) is 12.3 Å². The molecular formula is C16H19FN4O. The van der Waals surface area contributed by atoms with Gasteiger partial charge in [0, 0.05) is 50.7 Å². The second-order valence-electron chi connectivity index (χ2n) is 5.55. The average Bonchev–Trinajstić information content (AvgIpc) is 2.53. The Balaban J connectivity index is 1.74. The number of amides is 1. The molecule has 1 saturated heterocycles. The second kappa shape index (κ2) is 6.27. The van der Waals surface area contributed by atoms with Crippen molar-refractivity contribution < 1.29 is 9.18 Å². The fourth-order valence-electron chi connectivity index (χ4n) is 2.83. The van der Waals surface area contributed by atoms with E-state index < -0.39 is 0 Å². The van der Waals surface area contributed by atoms with Crippen LogP contribution in [0.1, 0.15) is 6.42 Å². The van der Waals surface area contributed by atoms with Crippen LogP contribution in [-0.2, 0) is 4.79 Å². The summed E-state index contributed by atoms with van der Waals surface area (Å²) < 4.78 is 13.5. The van der Waals surface area contributed by atoms with Crippen LogP contribution in [0, 0.1) is 5.82 Å². The molecule has 0 spiro atoms. The lowest BCUT2D eigenvalue weighted by molar-refractivity contribution is -0.118. The van der Waals surface area contributed by atoms with Gasteiger partial charge < -0.3 is 10.6 Å². The molecular weight excluding hydrogens is 283 g/mol. The summed E-state index contributed by atoms with van der Waals surface area (Å²) in [5.41, 5.74) is 5.18. The first kappa shape index (κ1) is 14.7. The Morgan fingerprint density at radius 1 is 1.23 bits per heavy atom. The van der Waals surface area contributed by atoms with E-state index in [0.717, 1.165) is 42.8 Å².